The van der Waals surface area contributed by atoms with Crippen molar-refractivity contribution >= 4 is 44.9 Å². The van der Waals surface area contributed by atoms with Gasteiger partial charge in [-0.1, -0.05) is 48.0 Å². The molecule has 0 aliphatic rings. The molecule has 0 bridgehead atoms. The number of anilines is 1. The van der Waals surface area contributed by atoms with Gasteiger partial charge in [0.1, 0.15) is 0 Å². The summed E-state index contributed by atoms with van der Waals surface area (Å²) >= 11 is 7.89. The van der Waals surface area contributed by atoms with Crippen LogP contribution >= 0.6 is 22.9 Å². The summed E-state index contributed by atoms with van der Waals surface area (Å²) in [7, 11) is 0. The first-order valence-corrected chi connectivity index (χ1v) is 10.7. The van der Waals surface area contributed by atoms with Gasteiger partial charge in [-0.3, -0.25) is 0 Å². The molecule has 1 unspecified atom stereocenters. The molecule has 152 valence electrons. The summed E-state index contributed by atoms with van der Waals surface area (Å²) in [5, 5.41) is 5.74. The van der Waals surface area contributed by atoms with Gasteiger partial charge < -0.3 is 10.6 Å². The maximum Gasteiger partial charge on any atom is 0.319 e. The van der Waals surface area contributed by atoms with Crippen molar-refractivity contribution in [1.82, 2.24) is 10.3 Å². The molecule has 0 aliphatic carbocycles. The maximum absolute atomic E-state index is 17.0. The van der Waals surface area contributed by atoms with Crippen LogP contribution in [0.15, 0.2) is 72.2 Å². The lowest BCUT2D eigenvalue weighted by Gasteiger charge is -2.28. The smallest absolute Gasteiger partial charge is 0.319 e. The number of rotatable bonds is 5. The highest BCUT2D eigenvalue weighted by molar-refractivity contribution is 7.16. The molecule has 4 nitrogen and oxygen atoms in total. The van der Waals surface area contributed by atoms with Crippen LogP contribution in [0.2, 0.25) is 5.02 Å². The molecular weight excluding hydrogens is 421 g/mol. The van der Waals surface area contributed by atoms with Crippen LogP contribution in [-0.2, 0) is 5.67 Å². The number of carbonyl (C=O) groups is 1. The largest absolute Gasteiger partial charge is 0.338 e. The highest BCUT2D eigenvalue weighted by Crippen LogP contribution is 2.44. The van der Waals surface area contributed by atoms with Gasteiger partial charge in [-0.15, -0.1) is 11.3 Å². The summed E-state index contributed by atoms with van der Waals surface area (Å²) in [6.07, 6.45) is 0. The Morgan fingerprint density at radius 3 is 2.57 bits per heavy atom. The number of fused-ring (bicyclic) bond motifs is 1. The third kappa shape index (κ3) is 3.76. The molecular formula is C23H19ClFN3OS. The molecule has 1 atom stereocenters. The van der Waals surface area contributed by atoms with Gasteiger partial charge >= 0.3 is 6.03 Å². The van der Waals surface area contributed by atoms with Gasteiger partial charge in [0.15, 0.2) is 5.67 Å². The predicted octanol–water partition coefficient (Wildman–Crippen LogP) is 6.35. The Kier molecular flexibility index (Phi) is 5.70. The van der Waals surface area contributed by atoms with Crippen LogP contribution in [0.3, 0.4) is 0 Å². The van der Waals surface area contributed by atoms with Crippen LogP contribution in [0.5, 0.6) is 0 Å². The minimum absolute atomic E-state index is 0.307. The van der Waals surface area contributed by atoms with E-state index in [1.54, 1.807) is 60.1 Å². The molecule has 0 fully saturated rings. The second-order valence-electron chi connectivity index (χ2n) is 6.73. The van der Waals surface area contributed by atoms with E-state index in [2.05, 4.69) is 15.6 Å². The Morgan fingerprint density at radius 2 is 1.83 bits per heavy atom. The lowest BCUT2D eigenvalue weighted by molar-refractivity contribution is 0.252. The SMILES string of the molecule is CCNC(=O)Nc1ccc(C(F)(c2ccc3ncsc3c2)c2ccccc2Cl)cc1. The fourth-order valence-electron chi connectivity index (χ4n) is 3.41. The van der Waals surface area contributed by atoms with Crippen LogP contribution in [0.1, 0.15) is 23.6 Å². The monoisotopic (exact) mass is 439 g/mol. The van der Waals surface area contributed by atoms with Crippen LogP contribution in [0.4, 0.5) is 14.9 Å². The summed E-state index contributed by atoms with van der Waals surface area (Å²) in [5.74, 6) is 0. The molecule has 7 heteroatoms. The van der Waals surface area contributed by atoms with E-state index in [1.807, 2.05) is 19.1 Å². The predicted molar refractivity (Wildman–Crippen MR) is 121 cm³/mol. The average molecular weight is 440 g/mol. The maximum atomic E-state index is 17.0. The Morgan fingerprint density at radius 1 is 1.10 bits per heavy atom. The van der Waals surface area contributed by atoms with Gasteiger partial charge in [-0.25, -0.2) is 14.2 Å². The molecule has 1 aromatic heterocycles. The molecule has 4 rings (SSSR count). The van der Waals surface area contributed by atoms with E-state index >= 15 is 4.39 Å². The van der Waals surface area contributed by atoms with E-state index in [1.165, 1.54) is 11.3 Å². The zero-order valence-electron chi connectivity index (χ0n) is 16.2. The van der Waals surface area contributed by atoms with Gasteiger partial charge in [0.2, 0.25) is 0 Å². The number of amides is 2. The summed E-state index contributed by atoms with van der Waals surface area (Å²) < 4.78 is 17.9. The van der Waals surface area contributed by atoms with E-state index in [9.17, 15) is 4.79 Å². The standard InChI is InChI=1S/C23H19ClFN3OS/c1-2-26-22(29)28-17-10-7-15(8-11-17)23(25,18-5-3-4-6-19(18)24)16-9-12-20-21(13-16)30-14-27-20/h3-14H,2H2,1H3,(H2,26,28,29). The lowest BCUT2D eigenvalue weighted by Crippen LogP contribution is -2.28. The third-order valence-electron chi connectivity index (χ3n) is 4.85. The summed E-state index contributed by atoms with van der Waals surface area (Å²) in [5.41, 5.74) is 2.42. The Hall–Kier alpha value is -2.96. The van der Waals surface area contributed by atoms with Crippen LogP contribution in [-0.4, -0.2) is 17.6 Å². The zero-order chi connectivity index (χ0) is 21.1. The third-order valence-corrected chi connectivity index (χ3v) is 5.97. The molecule has 2 amide bonds. The number of nitrogens with zero attached hydrogens (tertiary/aromatic N) is 1. The van der Waals surface area contributed by atoms with Crippen molar-refractivity contribution < 1.29 is 9.18 Å². The topological polar surface area (TPSA) is 54.0 Å². The van der Waals surface area contributed by atoms with Crippen molar-refractivity contribution in [2.75, 3.05) is 11.9 Å². The van der Waals surface area contributed by atoms with Crippen molar-refractivity contribution in [2.24, 2.45) is 0 Å². The number of benzene rings is 3. The molecule has 0 aliphatic heterocycles. The first-order valence-electron chi connectivity index (χ1n) is 9.45. The molecule has 30 heavy (non-hydrogen) atoms. The molecule has 0 saturated carbocycles. The number of urea groups is 1. The van der Waals surface area contributed by atoms with Crippen LogP contribution in [0.25, 0.3) is 10.2 Å². The van der Waals surface area contributed by atoms with Crippen molar-refractivity contribution in [3.05, 3.63) is 94.0 Å². The number of aromatic nitrogens is 1. The number of hydrogen-bond acceptors (Lipinski definition) is 3. The normalized spacial score (nSPS) is 13.0. The molecule has 3 aromatic carbocycles. The van der Waals surface area contributed by atoms with Crippen molar-refractivity contribution in [3.63, 3.8) is 0 Å². The lowest BCUT2D eigenvalue weighted by atomic mass is 9.82. The fraction of sp³-hybridized carbons (Fsp3) is 0.130. The second-order valence-corrected chi connectivity index (χ2v) is 8.03. The summed E-state index contributed by atoms with van der Waals surface area (Å²) in [4.78, 5) is 16.0. The highest BCUT2D eigenvalue weighted by atomic mass is 35.5. The van der Waals surface area contributed by atoms with Gasteiger partial charge in [0, 0.05) is 22.8 Å². The van der Waals surface area contributed by atoms with E-state index in [0.717, 1.165) is 10.2 Å². The van der Waals surface area contributed by atoms with Crippen LogP contribution in [0, 0.1) is 0 Å². The average Bonchev–Trinajstić information content (AvgIpc) is 3.22. The number of halogens is 2. The van der Waals surface area contributed by atoms with Gasteiger partial charge in [0.25, 0.3) is 0 Å². The first-order chi connectivity index (χ1) is 14.5. The van der Waals surface area contributed by atoms with E-state index in [0.29, 0.717) is 33.9 Å². The van der Waals surface area contributed by atoms with Crippen molar-refractivity contribution in [2.45, 2.75) is 12.6 Å². The van der Waals surface area contributed by atoms with Gasteiger partial charge in [-0.2, -0.15) is 0 Å². The summed E-state index contributed by atoms with van der Waals surface area (Å²) in [6.45, 7) is 2.35. The molecule has 1 heterocycles. The Balaban J connectivity index is 1.82. The Bertz CT molecular complexity index is 1190. The molecule has 2 N–H and O–H groups in total. The number of carbonyl (C=O) groups excluding carboxylic acids is 1. The van der Waals surface area contributed by atoms with Crippen LogP contribution < -0.4 is 10.6 Å². The Labute approximate surface area is 182 Å². The van der Waals surface area contributed by atoms with Gasteiger partial charge in [-0.05, 0) is 48.4 Å². The van der Waals surface area contributed by atoms with Gasteiger partial charge in [0.05, 0.1) is 15.7 Å². The summed E-state index contributed by atoms with van der Waals surface area (Å²) in [6, 6.07) is 18.7. The highest BCUT2D eigenvalue weighted by Gasteiger charge is 2.38. The first kappa shape index (κ1) is 20.3. The minimum atomic E-state index is -1.97. The molecule has 0 radical (unpaired) electrons. The fourth-order valence-corrected chi connectivity index (χ4v) is 4.39. The number of thiazole rings is 1. The number of alkyl halides is 1. The number of nitrogens with one attached hydrogen (secondary N) is 2. The van der Waals surface area contributed by atoms with Crippen molar-refractivity contribution in [1.29, 1.82) is 0 Å². The minimum Gasteiger partial charge on any atom is -0.338 e. The van der Waals surface area contributed by atoms with E-state index in [-0.39, 0.29) is 6.03 Å². The number of hydrogen-bond donors (Lipinski definition) is 2. The molecule has 0 saturated heterocycles. The molecule has 4 aromatic rings. The van der Waals surface area contributed by atoms with Crippen molar-refractivity contribution in [3.8, 4) is 0 Å². The quantitative estimate of drug-likeness (QED) is 0.356. The second kappa shape index (κ2) is 8.42. The van der Waals surface area contributed by atoms with E-state index in [4.69, 9.17) is 11.6 Å². The zero-order valence-corrected chi connectivity index (χ0v) is 17.7. The molecule has 0 spiro atoms. The van der Waals surface area contributed by atoms with E-state index < -0.39 is 5.67 Å².